The van der Waals surface area contributed by atoms with Gasteiger partial charge in [0.15, 0.2) is 5.65 Å². The van der Waals surface area contributed by atoms with Crippen LogP contribution in [-0.4, -0.2) is 30.4 Å². The van der Waals surface area contributed by atoms with Crippen molar-refractivity contribution in [3.63, 3.8) is 0 Å². The van der Waals surface area contributed by atoms with Crippen molar-refractivity contribution in [3.8, 4) is 0 Å². The molecule has 0 atom stereocenters. The highest BCUT2D eigenvalue weighted by Gasteiger charge is 2.01. The Morgan fingerprint density at radius 2 is 1.70 bits per heavy atom. The van der Waals surface area contributed by atoms with E-state index in [1.54, 1.807) is 12.4 Å². The molecule has 0 saturated carbocycles. The first kappa shape index (κ1) is 16.6. The van der Waals surface area contributed by atoms with E-state index in [1.165, 1.54) is 0 Å². The van der Waals surface area contributed by atoms with Crippen molar-refractivity contribution in [2.24, 2.45) is 0 Å². The molecular weight excluding hydrogens is 288 g/mol. The van der Waals surface area contributed by atoms with Crippen LogP contribution >= 0.6 is 0 Å². The van der Waals surface area contributed by atoms with E-state index >= 15 is 0 Å². The number of aromatic amines is 2. The first-order chi connectivity index (χ1) is 11.3. The number of hydrogen-bond acceptors (Lipinski definition) is 4. The molecule has 6 nitrogen and oxygen atoms in total. The van der Waals surface area contributed by atoms with E-state index in [1.807, 2.05) is 45.0 Å². The van der Waals surface area contributed by atoms with Gasteiger partial charge in [0.25, 0.3) is 0 Å². The molecule has 120 valence electrons. The zero-order chi connectivity index (χ0) is 16.7. The SMILES string of the molecule is CC.CCc1[nH]nc2ncccc12.Cc1[nH]nc2cccnc12. The van der Waals surface area contributed by atoms with Crippen LogP contribution in [0, 0.1) is 6.92 Å². The molecule has 0 unspecified atom stereocenters. The maximum absolute atomic E-state index is 4.15. The number of fused-ring (bicyclic) bond motifs is 2. The van der Waals surface area contributed by atoms with E-state index < -0.39 is 0 Å². The summed E-state index contributed by atoms with van der Waals surface area (Å²) in [6.07, 6.45) is 4.50. The van der Waals surface area contributed by atoms with Crippen LogP contribution in [0.1, 0.15) is 32.2 Å². The number of hydrogen-bond donors (Lipinski definition) is 2. The Bertz CT molecular complexity index is 861. The number of H-pyrrole nitrogens is 2. The lowest BCUT2D eigenvalue weighted by Crippen LogP contribution is -1.78. The third-order valence-corrected chi connectivity index (χ3v) is 3.25. The van der Waals surface area contributed by atoms with Crippen LogP contribution in [0.25, 0.3) is 22.1 Å². The van der Waals surface area contributed by atoms with Crippen molar-refractivity contribution in [1.29, 1.82) is 0 Å². The van der Waals surface area contributed by atoms with Crippen molar-refractivity contribution in [3.05, 3.63) is 48.0 Å². The van der Waals surface area contributed by atoms with E-state index in [4.69, 9.17) is 0 Å². The van der Waals surface area contributed by atoms with Crippen LogP contribution in [0.15, 0.2) is 36.7 Å². The Balaban J connectivity index is 0.000000152. The van der Waals surface area contributed by atoms with Crippen molar-refractivity contribution in [1.82, 2.24) is 30.4 Å². The normalized spacial score (nSPS) is 9.91. The summed E-state index contributed by atoms with van der Waals surface area (Å²) >= 11 is 0. The Hall–Kier alpha value is -2.76. The number of aryl methyl sites for hydroxylation is 2. The fraction of sp³-hybridized carbons (Fsp3) is 0.294. The molecule has 4 aromatic rings. The van der Waals surface area contributed by atoms with Gasteiger partial charge in [-0.2, -0.15) is 10.2 Å². The Morgan fingerprint density at radius 1 is 0.957 bits per heavy atom. The van der Waals surface area contributed by atoms with Gasteiger partial charge in [-0.1, -0.05) is 20.8 Å². The molecule has 0 fully saturated rings. The summed E-state index contributed by atoms with van der Waals surface area (Å²) in [5, 5.41) is 15.0. The van der Waals surface area contributed by atoms with Crippen LogP contribution in [0.5, 0.6) is 0 Å². The van der Waals surface area contributed by atoms with E-state index in [-0.39, 0.29) is 0 Å². The monoisotopic (exact) mass is 310 g/mol. The first-order valence-corrected chi connectivity index (χ1v) is 7.83. The predicted octanol–water partition coefficient (Wildman–Crippen LogP) is 3.81. The Labute approximate surface area is 135 Å². The summed E-state index contributed by atoms with van der Waals surface area (Å²) in [6, 6.07) is 7.77. The van der Waals surface area contributed by atoms with E-state index in [2.05, 4.69) is 37.3 Å². The fourth-order valence-electron chi connectivity index (χ4n) is 2.14. The van der Waals surface area contributed by atoms with Crippen molar-refractivity contribution >= 4 is 22.1 Å². The summed E-state index contributed by atoms with van der Waals surface area (Å²) in [6.45, 7) is 8.06. The number of pyridine rings is 2. The highest BCUT2D eigenvalue weighted by Crippen LogP contribution is 2.12. The third-order valence-electron chi connectivity index (χ3n) is 3.25. The number of nitrogens with zero attached hydrogens (tertiary/aromatic N) is 4. The van der Waals surface area contributed by atoms with E-state index in [9.17, 15) is 0 Å². The molecule has 6 heteroatoms. The minimum Gasteiger partial charge on any atom is -0.280 e. The van der Waals surface area contributed by atoms with Crippen molar-refractivity contribution in [2.45, 2.75) is 34.1 Å². The van der Waals surface area contributed by atoms with Crippen LogP contribution < -0.4 is 0 Å². The molecule has 0 saturated heterocycles. The van der Waals surface area contributed by atoms with Gasteiger partial charge in [0.05, 0.1) is 5.69 Å². The van der Waals surface area contributed by atoms with Gasteiger partial charge in [-0.15, -0.1) is 0 Å². The molecule has 0 radical (unpaired) electrons. The number of nitrogens with one attached hydrogen (secondary N) is 2. The molecule has 4 heterocycles. The summed E-state index contributed by atoms with van der Waals surface area (Å²) in [4.78, 5) is 8.25. The van der Waals surface area contributed by atoms with Gasteiger partial charge in [0, 0.05) is 23.5 Å². The average molecular weight is 310 g/mol. The lowest BCUT2D eigenvalue weighted by Gasteiger charge is -1.88. The second-order valence-electron chi connectivity index (χ2n) is 4.65. The maximum Gasteiger partial charge on any atom is 0.181 e. The van der Waals surface area contributed by atoms with Gasteiger partial charge in [-0.3, -0.25) is 15.2 Å². The summed E-state index contributed by atoms with van der Waals surface area (Å²) in [5.41, 5.74) is 4.88. The Kier molecular flexibility index (Phi) is 5.80. The molecule has 0 aliphatic carbocycles. The second kappa shape index (κ2) is 8.03. The molecule has 0 bridgehead atoms. The molecular formula is C17H22N6. The van der Waals surface area contributed by atoms with Crippen LogP contribution in [-0.2, 0) is 6.42 Å². The maximum atomic E-state index is 4.15. The third kappa shape index (κ3) is 3.71. The Morgan fingerprint density at radius 3 is 2.43 bits per heavy atom. The standard InChI is InChI=1S/C8H9N3.C7H7N3.C2H6/c1-2-7-6-4-3-5-9-8(6)11-10-7;1-5-7-6(10-9-5)3-2-4-8-7;1-2/h3-5H,2H2,1H3,(H,9,10,11);2-4H,1H3,(H,9,10);1-2H3. The van der Waals surface area contributed by atoms with Crippen molar-refractivity contribution < 1.29 is 0 Å². The molecule has 0 spiro atoms. The summed E-state index contributed by atoms with van der Waals surface area (Å²) in [5.74, 6) is 0. The van der Waals surface area contributed by atoms with Crippen LogP contribution in [0.4, 0.5) is 0 Å². The van der Waals surface area contributed by atoms with Gasteiger partial charge < -0.3 is 0 Å². The second-order valence-corrected chi connectivity index (χ2v) is 4.65. The van der Waals surface area contributed by atoms with E-state index in [0.717, 1.165) is 39.9 Å². The molecule has 0 amide bonds. The smallest absolute Gasteiger partial charge is 0.181 e. The molecule has 4 rings (SSSR count). The summed E-state index contributed by atoms with van der Waals surface area (Å²) in [7, 11) is 0. The minimum absolute atomic E-state index is 0.810. The molecule has 0 aromatic carbocycles. The van der Waals surface area contributed by atoms with Gasteiger partial charge in [-0.25, -0.2) is 4.98 Å². The quantitative estimate of drug-likeness (QED) is 0.560. The molecule has 4 aromatic heterocycles. The van der Waals surface area contributed by atoms with Gasteiger partial charge in [-0.05, 0) is 37.6 Å². The van der Waals surface area contributed by atoms with Gasteiger partial charge >= 0.3 is 0 Å². The van der Waals surface area contributed by atoms with E-state index in [0.29, 0.717) is 0 Å². The number of rotatable bonds is 1. The van der Waals surface area contributed by atoms with Crippen LogP contribution in [0.2, 0.25) is 0 Å². The molecule has 23 heavy (non-hydrogen) atoms. The molecule has 0 aliphatic rings. The minimum atomic E-state index is 0.810. The lowest BCUT2D eigenvalue weighted by molar-refractivity contribution is 0.983. The highest BCUT2D eigenvalue weighted by atomic mass is 15.1. The number of aromatic nitrogens is 6. The average Bonchev–Trinajstić information content (AvgIpc) is 3.21. The largest absolute Gasteiger partial charge is 0.280 e. The topological polar surface area (TPSA) is 83.1 Å². The predicted molar refractivity (Wildman–Crippen MR) is 93.2 cm³/mol. The zero-order valence-electron chi connectivity index (χ0n) is 14.0. The van der Waals surface area contributed by atoms with Gasteiger partial charge in [0.1, 0.15) is 11.0 Å². The zero-order valence-corrected chi connectivity index (χ0v) is 14.0. The van der Waals surface area contributed by atoms with Crippen molar-refractivity contribution in [2.75, 3.05) is 0 Å². The highest BCUT2D eigenvalue weighted by molar-refractivity contribution is 5.77. The molecule has 2 N–H and O–H groups in total. The first-order valence-electron chi connectivity index (χ1n) is 7.83. The van der Waals surface area contributed by atoms with Crippen LogP contribution in [0.3, 0.4) is 0 Å². The lowest BCUT2D eigenvalue weighted by atomic mass is 10.2. The molecule has 0 aliphatic heterocycles. The van der Waals surface area contributed by atoms with Gasteiger partial charge in [0.2, 0.25) is 0 Å². The fourth-order valence-corrected chi connectivity index (χ4v) is 2.14. The summed E-state index contributed by atoms with van der Waals surface area (Å²) < 4.78 is 0.